The van der Waals surface area contributed by atoms with E-state index in [1.807, 2.05) is 4.57 Å². The minimum Gasteiger partial charge on any atom is -0.369 e. The van der Waals surface area contributed by atoms with E-state index in [2.05, 4.69) is 32.7 Å². The van der Waals surface area contributed by atoms with Crippen LogP contribution in [0.5, 0.6) is 0 Å². The highest BCUT2D eigenvalue weighted by atomic mass is 19.1. The Labute approximate surface area is 100 Å². The molecule has 2 rings (SSSR count). The lowest BCUT2D eigenvalue weighted by Gasteiger charge is -2.29. The van der Waals surface area contributed by atoms with Gasteiger partial charge in [-0.05, 0) is 30.5 Å². The molecule has 92 valence electrons. The van der Waals surface area contributed by atoms with Crippen molar-refractivity contribution in [3.8, 4) is 0 Å². The number of nitrogen functional groups attached to an aromatic ring is 1. The van der Waals surface area contributed by atoms with Crippen molar-refractivity contribution in [1.29, 1.82) is 0 Å². The van der Waals surface area contributed by atoms with Crippen LogP contribution in [0.4, 0.5) is 10.3 Å². The summed E-state index contributed by atoms with van der Waals surface area (Å²) in [7, 11) is 0. The fourth-order valence-corrected chi connectivity index (χ4v) is 1.88. The minimum atomic E-state index is -0.264. The monoisotopic (exact) mass is 235 g/mol. The number of anilines is 1. The van der Waals surface area contributed by atoms with Crippen LogP contribution in [0.3, 0.4) is 0 Å². The van der Waals surface area contributed by atoms with E-state index in [0.717, 1.165) is 11.0 Å². The van der Waals surface area contributed by atoms with Gasteiger partial charge >= 0.3 is 0 Å². The zero-order valence-electron chi connectivity index (χ0n) is 10.7. The van der Waals surface area contributed by atoms with Gasteiger partial charge in [-0.2, -0.15) is 0 Å². The third kappa shape index (κ3) is 1.99. The zero-order chi connectivity index (χ0) is 12.8. The van der Waals surface area contributed by atoms with Crippen molar-refractivity contribution >= 4 is 17.0 Å². The lowest BCUT2D eigenvalue weighted by Crippen LogP contribution is -2.22. The van der Waals surface area contributed by atoms with Gasteiger partial charge in [-0.1, -0.05) is 20.8 Å². The summed E-state index contributed by atoms with van der Waals surface area (Å²) in [6, 6.07) is 4.70. The molecule has 3 nitrogen and oxygen atoms in total. The van der Waals surface area contributed by atoms with Gasteiger partial charge in [-0.3, -0.25) is 0 Å². The van der Waals surface area contributed by atoms with Gasteiger partial charge in [0.05, 0.1) is 11.0 Å². The Morgan fingerprint density at radius 2 is 2.00 bits per heavy atom. The molecule has 0 aliphatic rings. The average Bonchev–Trinajstić information content (AvgIpc) is 2.51. The van der Waals surface area contributed by atoms with Crippen LogP contribution < -0.4 is 5.73 Å². The second-order valence-electron chi connectivity index (χ2n) is 5.52. The van der Waals surface area contributed by atoms with Gasteiger partial charge in [0.2, 0.25) is 5.95 Å². The highest BCUT2D eigenvalue weighted by molar-refractivity contribution is 5.78. The Kier molecular flexibility index (Phi) is 2.60. The number of halogens is 1. The van der Waals surface area contributed by atoms with Crippen molar-refractivity contribution in [2.24, 2.45) is 5.41 Å². The largest absolute Gasteiger partial charge is 0.369 e. The lowest BCUT2D eigenvalue weighted by atomic mass is 9.88. The molecule has 2 aromatic rings. The van der Waals surface area contributed by atoms with Crippen molar-refractivity contribution < 1.29 is 4.39 Å². The number of hydrogen-bond donors (Lipinski definition) is 1. The van der Waals surface area contributed by atoms with Crippen LogP contribution in [0.2, 0.25) is 0 Å². The van der Waals surface area contributed by atoms with Crippen molar-refractivity contribution in [3.05, 3.63) is 24.0 Å². The molecule has 0 aliphatic heterocycles. The van der Waals surface area contributed by atoms with E-state index in [-0.39, 0.29) is 17.3 Å². The molecule has 0 bridgehead atoms. The molecule has 1 atom stereocenters. The van der Waals surface area contributed by atoms with Gasteiger partial charge in [0.25, 0.3) is 0 Å². The maximum atomic E-state index is 13.3. The zero-order valence-corrected chi connectivity index (χ0v) is 10.7. The smallest absolute Gasteiger partial charge is 0.201 e. The molecule has 17 heavy (non-hydrogen) atoms. The molecule has 0 spiro atoms. The molecule has 2 N–H and O–H groups in total. The Bertz CT molecular complexity index is 552. The quantitative estimate of drug-likeness (QED) is 0.823. The van der Waals surface area contributed by atoms with Gasteiger partial charge < -0.3 is 10.3 Å². The van der Waals surface area contributed by atoms with Crippen molar-refractivity contribution in [3.63, 3.8) is 0 Å². The van der Waals surface area contributed by atoms with E-state index in [1.54, 1.807) is 6.07 Å². The third-order valence-corrected chi connectivity index (χ3v) is 3.32. The molecule has 1 unspecified atom stereocenters. The molecule has 0 fully saturated rings. The molecule has 0 saturated heterocycles. The minimum absolute atomic E-state index is 0.0358. The molecule has 1 heterocycles. The highest BCUT2D eigenvalue weighted by Gasteiger charge is 2.25. The van der Waals surface area contributed by atoms with Crippen LogP contribution in [0, 0.1) is 11.2 Å². The van der Waals surface area contributed by atoms with E-state index in [4.69, 9.17) is 5.73 Å². The van der Waals surface area contributed by atoms with Crippen LogP contribution in [-0.2, 0) is 0 Å². The van der Waals surface area contributed by atoms with Gasteiger partial charge in [-0.25, -0.2) is 9.37 Å². The molecular weight excluding hydrogens is 217 g/mol. The maximum absolute atomic E-state index is 13.3. The summed E-state index contributed by atoms with van der Waals surface area (Å²) in [6.07, 6.45) is 0. The molecule has 4 heteroatoms. The van der Waals surface area contributed by atoms with Crippen molar-refractivity contribution in [1.82, 2.24) is 9.55 Å². The van der Waals surface area contributed by atoms with E-state index in [9.17, 15) is 4.39 Å². The van der Waals surface area contributed by atoms with E-state index in [1.165, 1.54) is 12.1 Å². The first-order chi connectivity index (χ1) is 7.80. The first kappa shape index (κ1) is 11.9. The fourth-order valence-electron chi connectivity index (χ4n) is 1.88. The Balaban J connectivity index is 2.68. The van der Waals surface area contributed by atoms with Crippen LogP contribution in [0.15, 0.2) is 18.2 Å². The predicted molar refractivity (Wildman–Crippen MR) is 68.3 cm³/mol. The van der Waals surface area contributed by atoms with Crippen LogP contribution in [0.25, 0.3) is 11.0 Å². The fraction of sp³-hybridized carbons (Fsp3) is 0.462. The van der Waals surface area contributed by atoms with E-state index in [0.29, 0.717) is 5.95 Å². The topological polar surface area (TPSA) is 43.8 Å². The number of hydrogen-bond acceptors (Lipinski definition) is 2. The second-order valence-corrected chi connectivity index (χ2v) is 5.52. The Hall–Kier alpha value is -1.58. The van der Waals surface area contributed by atoms with Gasteiger partial charge in [0, 0.05) is 6.04 Å². The summed E-state index contributed by atoms with van der Waals surface area (Å²) >= 11 is 0. The van der Waals surface area contributed by atoms with Crippen LogP contribution in [-0.4, -0.2) is 9.55 Å². The van der Waals surface area contributed by atoms with Gasteiger partial charge in [0.15, 0.2) is 0 Å². The average molecular weight is 235 g/mol. The number of benzene rings is 1. The maximum Gasteiger partial charge on any atom is 0.201 e. The summed E-state index contributed by atoms with van der Waals surface area (Å²) in [6.45, 7) is 8.45. The molecule has 0 amide bonds. The van der Waals surface area contributed by atoms with E-state index < -0.39 is 0 Å². The number of rotatable bonds is 1. The number of aromatic nitrogens is 2. The Morgan fingerprint density at radius 1 is 1.35 bits per heavy atom. The predicted octanol–water partition coefficient (Wildman–Crippen LogP) is 3.36. The number of fused-ring (bicyclic) bond motifs is 1. The summed E-state index contributed by atoms with van der Waals surface area (Å²) in [4.78, 5) is 4.26. The molecule has 1 aromatic carbocycles. The van der Waals surface area contributed by atoms with Crippen molar-refractivity contribution in [2.45, 2.75) is 33.7 Å². The first-order valence-corrected chi connectivity index (χ1v) is 5.73. The summed E-state index contributed by atoms with van der Waals surface area (Å²) in [5, 5.41) is 0. The van der Waals surface area contributed by atoms with Gasteiger partial charge in [-0.15, -0.1) is 0 Å². The number of nitrogens with two attached hydrogens (primary N) is 1. The van der Waals surface area contributed by atoms with E-state index >= 15 is 0 Å². The Morgan fingerprint density at radius 3 is 2.59 bits per heavy atom. The first-order valence-electron chi connectivity index (χ1n) is 5.73. The highest BCUT2D eigenvalue weighted by Crippen LogP contribution is 2.34. The second kappa shape index (κ2) is 3.72. The molecule has 0 aliphatic carbocycles. The standard InChI is InChI=1S/C13H18FN3/c1-8(13(2,3)4)17-11-7-9(14)5-6-10(11)16-12(17)15/h5-8H,1-4H3,(H2,15,16). The molecular formula is C13H18FN3. The van der Waals surface area contributed by atoms with Gasteiger partial charge in [0.1, 0.15) is 5.82 Å². The summed E-state index contributed by atoms with van der Waals surface area (Å²) in [5.74, 6) is 0.174. The number of imidazole rings is 1. The molecule has 0 saturated carbocycles. The normalized spacial score (nSPS) is 14.2. The third-order valence-electron chi connectivity index (χ3n) is 3.32. The summed E-state index contributed by atoms with van der Waals surface area (Å²) in [5.41, 5.74) is 7.46. The summed E-state index contributed by atoms with van der Waals surface area (Å²) < 4.78 is 15.2. The van der Waals surface area contributed by atoms with Crippen LogP contribution in [0.1, 0.15) is 33.7 Å². The van der Waals surface area contributed by atoms with Crippen molar-refractivity contribution in [2.75, 3.05) is 5.73 Å². The lowest BCUT2D eigenvalue weighted by molar-refractivity contribution is 0.270. The SMILES string of the molecule is CC(n1c(N)nc2ccc(F)cc21)C(C)(C)C. The molecule has 1 aromatic heterocycles. The molecule has 0 radical (unpaired) electrons. The van der Waals surface area contributed by atoms with Crippen LogP contribution >= 0.6 is 0 Å². The number of nitrogens with zero attached hydrogens (tertiary/aromatic N) is 2.